The van der Waals surface area contributed by atoms with Crippen molar-refractivity contribution in [2.45, 2.75) is 26.1 Å². The van der Waals surface area contributed by atoms with Gasteiger partial charge in [0, 0.05) is 37.5 Å². The standard InChI is InChI=1S/C22H21N3O3/c26-21(20-7-6-17-13-23-10-8-19(17)24-20)14-25-11-9-18(12-22(25)27)28-15-16-4-2-1-3-5-16/h1-7,9,11-12,23H,8,10,13-15H2. The molecule has 3 heterocycles. The van der Waals surface area contributed by atoms with Crippen LogP contribution in [-0.2, 0) is 26.1 Å². The molecule has 1 N–H and O–H groups in total. The minimum absolute atomic E-state index is 0.0398. The van der Waals surface area contributed by atoms with Crippen molar-refractivity contribution in [3.05, 3.63) is 93.7 Å². The van der Waals surface area contributed by atoms with Gasteiger partial charge >= 0.3 is 0 Å². The molecule has 0 amide bonds. The van der Waals surface area contributed by atoms with Gasteiger partial charge in [0.15, 0.2) is 0 Å². The predicted molar refractivity (Wildman–Crippen MR) is 105 cm³/mol. The third kappa shape index (κ3) is 4.18. The number of nitrogens with zero attached hydrogens (tertiary/aromatic N) is 2. The van der Waals surface area contributed by atoms with Crippen LogP contribution in [0.15, 0.2) is 65.6 Å². The molecule has 0 spiro atoms. The zero-order valence-corrected chi connectivity index (χ0v) is 15.4. The molecule has 2 aromatic heterocycles. The fourth-order valence-corrected chi connectivity index (χ4v) is 3.18. The van der Waals surface area contributed by atoms with E-state index >= 15 is 0 Å². The van der Waals surface area contributed by atoms with Crippen LogP contribution in [0.3, 0.4) is 0 Å². The highest BCUT2D eigenvalue weighted by Gasteiger charge is 2.15. The van der Waals surface area contributed by atoms with E-state index in [-0.39, 0.29) is 17.9 Å². The number of ether oxygens (including phenoxy) is 1. The molecule has 0 bridgehead atoms. The van der Waals surface area contributed by atoms with Crippen LogP contribution >= 0.6 is 0 Å². The lowest BCUT2D eigenvalue weighted by molar-refractivity contribution is 0.0965. The van der Waals surface area contributed by atoms with E-state index in [1.54, 1.807) is 18.3 Å². The van der Waals surface area contributed by atoms with E-state index < -0.39 is 0 Å². The monoisotopic (exact) mass is 375 g/mol. The highest BCUT2D eigenvalue weighted by Crippen LogP contribution is 2.13. The summed E-state index contributed by atoms with van der Waals surface area (Å²) in [4.78, 5) is 29.4. The number of carbonyl (C=O) groups excluding carboxylic acids is 1. The molecule has 0 unspecified atom stereocenters. The molecule has 28 heavy (non-hydrogen) atoms. The molecular weight excluding hydrogens is 354 g/mol. The molecule has 1 aliphatic rings. The second kappa shape index (κ2) is 8.19. The second-order valence-corrected chi connectivity index (χ2v) is 6.76. The number of aromatic nitrogens is 2. The summed E-state index contributed by atoms with van der Waals surface area (Å²) >= 11 is 0. The van der Waals surface area contributed by atoms with Gasteiger partial charge in [-0.05, 0) is 23.3 Å². The first kappa shape index (κ1) is 18.1. The number of pyridine rings is 2. The molecule has 0 atom stereocenters. The van der Waals surface area contributed by atoms with Crippen LogP contribution in [0.5, 0.6) is 5.75 Å². The summed E-state index contributed by atoms with van der Waals surface area (Å²) in [6, 6.07) is 16.5. The number of benzene rings is 1. The van der Waals surface area contributed by atoms with Crippen LogP contribution < -0.4 is 15.6 Å². The van der Waals surface area contributed by atoms with Gasteiger partial charge in [-0.1, -0.05) is 36.4 Å². The van der Waals surface area contributed by atoms with Gasteiger partial charge in [-0.3, -0.25) is 9.59 Å². The number of fused-ring (bicyclic) bond motifs is 1. The molecule has 4 rings (SSSR count). The first-order chi connectivity index (χ1) is 13.7. The van der Waals surface area contributed by atoms with Crippen molar-refractivity contribution in [3.8, 4) is 5.75 Å². The number of carbonyl (C=O) groups is 1. The third-order valence-electron chi connectivity index (χ3n) is 4.74. The lowest BCUT2D eigenvalue weighted by Gasteiger charge is -2.16. The summed E-state index contributed by atoms with van der Waals surface area (Å²) < 4.78 is 7.04. The Morgan fingerprint density at radius 2 is 2.00 bits per heavy atom. The quantitative estimate of drug-likeness (QED) is 0.670. The number of rotatable bonds is 6. The minimum Gasteiger partial charge on any atom is -0.489 e. The number of nitrogens with one attached hydrogen (secondary N) is 1. The summed E-state index contributed by atoms with van der Waals surface area (Å²) in [5.41, 5.74) is 3.23. The topological polar surface area (TPSA) is 73.2 Å². The maximum absolute atomic E-state index is 12.6. The van der Waals surface area contributed by atoms with Crippen LogP contribution in [0.2, 0.25) is 0 Å². The Labute approximate surface area is 162 Å². The number of ketones is 1. The van der Waals surface area contributed by atoms with E-state index in [0.717, 1.165) is 36.3 Å². The summed E-state index contributed by atoms with van der Waals surface area (Å²) in [5, 5.41) is 3.28. The van der Waals surface area contributed by atoms with E-state index in [1.165, 1.54) is 10.6 Å². The summed E-state index contributed by atoms with van der Waals surface area (Å²) in [6.07, 6.45) is 2.40. The fourth-order valence-electron chi connectivity index (χ4n) is 3.18. The predicted octanol–water partition coefficient (Wildman–Crippen LogP) is 2.35. The van der Waals surface area contributed by atoms with E-state index in [9.17, 15) is 9.59 Å². The Morgan fingerprint density at radius 3 is 2.82 bits per heavy atom. The highest BCUT2D eigenvalue weighted by atomic mass is 16.5. The van der Waals surface area contributed by atoms with Gasteiger partial charge in [-0.2, -0.15) is 0 Å². The zero-order chi connectivity index (χ0) is 19.3. The van der Waals surface area contributed by atoms with Crippen LogP contribution in [0.4, 0.5) is 0 Å². The van der Waals surface area contributed by atoms with Crippen molar-refractivity contribution in [2.75, 3.05) is 6.54 Å². The number of Topliss-reactive ketones (excluding diaryl/α,β-unsaturated/α-hetero) is 1. The van der Waals surface area contributed by atoms with Crippen LogP contribution in [0.1, 0.15) is 27.3 Å². The Bertz CT molecular complexity index is 1040. The highest BCUT2D eigenvalue weighted by molar-refractivity contribution is 5.94. The summed E-state index contributed by atoms with van der Waals surface area (Å²) in [5.74, 6) is 0.304. The lowest BCUT2D eigenvalue weighted by atomic mass is 10.1. The van der Waals surface area contributed by atoms with Gasteiger partial charge in [0.2, 0.25) is 5.78 Å². The molecule has 6 heteroatoms. The van der Waals surface area contributed by atoms with Gasteiger partial charge in [-0.15, -0.1) is 0 Å². The zero-order valence-electron chi connectivity index (χ0n) is 15.4. The lowest BCUT2D eigenvalue weighted by Crippen LogP contribution is -2.26. The minimum atomic E-state index is -0.277. The van der Waals surface area contributed by atoms with Gasteiger partial charge in [-0.25, -0.2) is 4.98 Å². The van der Waals surface area contributed by atoms with E-state index in [1.807, 2.05) is 36.4 Å². The van der Waals surface area contributed by atoms with Crippen molar-refractivity contribution in [3.63, 3.8) is 0 Å². The van der Waals surface area contributed by atoms with Crippen molar-refractivity contribution in [1.82, 2.24) is 14.9 Å². The molecule has 0 radical (unpaired) electrons. The molecule has 0 saturated carbocycles. The summed E-state index contributed by atoms with van der Waals surface area (Å²) in [7, 11) is 0. The Morgan fingerprint density at radius 1 is 1.14 bits per heavy atom. The van der Waals surface area contributed by atoms with Gasteiger partial charge in [0.1, 0.15) is 18.1 Å². The average molecular weight is 375 g/mol. The van der Waals surface area contributed by atoms with Gasteiger partial charge in [0.25, 0.3) is 5.56 Å². The van der Waals surface area contributed by atoms with E-state index in [2.05, 4.69) is 10.3 Å². The molecule has 0 aliphatic carbocycles. The Balaban J connectivity index is 1.43. The van der Waals surface area contributed by atoms with Crippen molar-refractivity contribution in [2.24, 2.45) is 0 Å². The van der Waals surface area contributed by atoms with Gasteiger partial charge in [0.05, 0.1) is 6.54 Å². The molecule has 3 aromatic rings. The van der Waals surface area contributed by atoms with Crippen molar-refractivity contribution < 1.29 is 9.53 Å². The first-order valence-corrected chi connectivity index (χ1v) is 9.29. The second-order valence-electron chi connectivity index (χ2n) is 6.76. The molecular formula is C22H21N3O3. The van der Waals surface area contributed by atoms with Crippen LogP contribution in [-0.4, -0.2) is 21.9 Å². The number of hydrogen-bond acceptors (Lipinski definition) is 5. The molecule has 6 nitrogen and oxygen atoms in total. The maximum atomic E-state index is 12.6. The smallest absolute Gasteiger partial charge is 0.254 e. The van der Waals surface area contributed by atoms with E-state index in [4.69, 9.17) is 4.74 Å². The molecule has 0 fully saturated rings. The first-order valence-electron chi connectivity index (χ1n) is 9.29. The Hall–Kier alpha value is -3.25. The van der Waals surface area contributed by atoms with E-state index in [0.29, 0.717) is 18.1 Å². The maximum Gasteiger partial charge on any atom is 0.254 e. The van der Waals surface area contributed by atoms with Crippen LogP contribution in [0, 0.1) is 0 Å². The van der Waals surface area contributed by atoms with Crippen LogP contribution in [0.25, 0.3) is 0 Å². The molecule has 0 saturated heterocycles. The Kier molecular flexibility index (Phi) is 5.30. The number of hydrogen-bond donors (Lipinski definition) is 1. The largest absolute Gasteiger partial charge is 0.489 e. The van der Waals surface area contributed by atoms with Crippen molar-refractivity contribution >= 4 is 5.78 Å². The molecule has 1 aromatic carbocycles. The molecule has 142 valence electrons. The van der Waals surface area contributed by atoms with Gasteiger partial charge < -0.3 is 14.6 Å². The van der Waals surface area contributed by atoms with Crippen molar-refractivity contribution in [1.29, 1.82) is 0 Å². The third-order valence-corrected chi connectivity index (χ3v) is 4.74. The average Bonchev–Trinajstić information content (AvgIpc) is 2.74. The fraction of sp³-hybridized carbons (Fsp3) is 0.227. The summed E-state index contributed by atoms with van der Waals surface area (Å²) in [6.45, 7) is 1.99. The SMILES string of the molecule is O=C(Cn1ccc(OCc2ccccc2)cc1=O)c1ccc2c(n1)CCNC2. The molecule has 1 aliphatic heterocycles. The normalized spacial score (nSPS) is 13.0.